The van der Waals surface area contributed by atoms with Gasteiger partial charge in [-0.1, -0.05) is 182 Å². The van der Waals surface area contributed by atoms with Crippen molar-refractivity contribution >= 4 is 75.9 Å². The Morgan fingerprint density at radius 3 is 1.65 bits per heavy atom. The van der Waals surface area contributed by atoms with Crippen molar-refractivity contribution in [1.82, 2.24) is 24.1 Å². The summed E-state index contributed by atoms with van der Waals surface area (Å²) < 4.78 is 4.89. The molecule has 0 aliphatic heterocycles. The molecule has 5 heteroatoms. The Kier molecular flexibility index (Phi) is 8.52. The lowest BCUT2D eigenvalue weighted by Crippen LogP contribution is -2.02. The summed E-state index contributed by atoms with van der Waals surface area (Å²) in [4.78, 5) is 15.8. The third kappa shape index (κ3) is 6.06. The topological polar surface area (TPSA) is 48.5 Å². The van der Waals surface area contributed by atoms with E-state index in [0.29, 0.717) is 17.5 Å². The second-order valence-electron chi connectivity index (χ2n) is 17.6. The van der Waals surface area contributed by atoms with E-state index in [2.05, 4.69) is 221 Å². The van der Waals surface area contributed by atoms with Crippen LogP contribution in [0.15, 0.2) is 237 Å². The molecule has 0 aliphatic carbocycles. The fourth-order valence-electron chi connectivity index (χ4n) is 10.5. The molecule has 0 N–H and O–H groups in total. The lowest BCUT2D eigenvalue weighted by Gasteiger charge is -2.15. The van der Waals surface area contributed by atoms with Crippen LogP contribution in [0.3, 0.4) is 0 Å². The molecule has 11 aromatic carbocycles. The highest BCUT2D eigenvalue weighted by molar-refractivity contribution is 6.25. The number of aromatic nitrogens is 5. The molecule has 5 nitrogen and oxygen atoms in total. The van der Waals surface area contributed by atoms with Gasteiger partial charge in [-0.05, 0) is 98.0 Å². The normalized spacial score (nSPS) is 11.8. The predicted octanol–water partition coefficient (Wildman–Crippen LogP) is 16.2. The molecule has 0 saturated carbocycles. The van der Waals surface area contributed by atoms with Crippen molar-refractivity contribution in [3.63, 3.8) is 0 Å². The molecular weight excluding hydrogens is 827 g/mol. The molecule has 0 spiro atoms. The van der Waals surface area contributed by atoms with E-state index in [1.807, 2.05) is 24.3 Å². The van der Waals surface area contributed by atoms with Gasteiger partial charge >= 0.3 is 0 Å². The number of para-hydroxylation sites is 1. The molecule has 0 atom stereocenters. The standard InChI is InChI=1S/C63H39N5/c1-3-16-40(17-4-1)44-24-15-25-47(34-44)62-64-61(43-20-5-2-6-21-43)65-63(66-62)54-37-49(36-46-23-10-11-26-50(46)54)68-56-29-14-13-28-52(56)53-38-55-59(39-58(53)68)67(48-32-30-41-18-7-8-22-45(41)35-48)57-33-31-42-19-9-12-27-51(42)60(55)57/h1-39H. The Balaban J connectivity index is 1.04. The van der Waals surface area contributed by atoms with E-state index in [-0.39, 0.29) is 0 Å². The Morgan fingerprint density at radius 2 is 0.824 bits per heavy atom. The van der Waals surface area contributed by atoms with E-state index in [1.165, 1.54) is 48.6 Å². The average molecular weight is 866 g/mol. The first-order valence-corrected chi connectivity index (χ1v) is 23.1. The van der Waals surface area contributed by atoms with Gasteiger partial charge in [0.15, 0.2) is 17.5 Å². The molecule has 0 bridgehead atoms. The highest BCUT2D eigenvalue weighted by Gasteiger charge is 2.22. The van der Waals surface area contributed by atoms with E-state index >= 15 is 0 Å². The molecule has 0 unspecified atom stereocenters. The van der Waals surface area contributed by atoms with Crippen molar-refractivity contribution < 1.29 is 0 Å². The van der Waals surface area contributed by atoms with Crippen LogP contribution in [0.5, 0.6) is 0 Å². The van der Waals surface area contributed by atoms with Crippen LogP contribution in [-0.4, -0.2) is 24.1 Å². The molecular formula is C63H39N5. The van der Waals surface area contributed by atoms with E-state index in [9.17, 15) is 0 Å². The van der Waals surface area contributed by atoms with Crippen molar-refractivity contribution in [3.05, 3.63) is 237 Å². The van der Waals surface area contributed by atoms with Gasteiger partial charge in [0.25, 0.3) is 0 Å². The van der Waals surface area contributed by atoms with Gasteiger partial charge in [-0.25, -0.2) is 15.0 Å². The van der Waals surface area contributed by atoms with Crippen LogP contribution in [0.1, 0.15) is 0 Å². The number of fused-ring (bicyclic) bond motifs is 10. The third-order valence-electron chi connectivity index (χ3n) is 13.7. The molecule has 14 rings (SSSR count). The molecule has 316 valence electrons. The van der Waals surface area contributed by atoms with Gasteiger partial charge < -0.3 is 9.13 Å². The second kappa shape index (κ2) is 15.2. The van der Waals surface area contributed by atoms with Gasteiger partial charge in [0.05, 0.1) is 22.1 Å². The highest BCUT2D eigenvalue weighted by Crippen LogP contribution is 2.43. The van der Waals surface area contributed by atoms with Crippen LogP contribution in [0.25, 0.3) is 133 Å². The van der Waals surface area contributed by atoms with Crippen LogP contribution in [0, 0.1) is 0 Å². The van der Waals surface area contributed by atoms with Crippen molar-refractivity contribution in [2.24, 2.45) is 0 Å². The van der Waals surface area contributed by atoms with Gasteiger partial charge in [0.2, 0.25) is 0 Å². The first-order valence-electron chi connectivity index (χ1n) is 23.1. The minimum atomic E-state index is 0.614. The van der Waals surface area contributed by atoms with Crippen molar-refractivity contribution in [2.75, 3.05) is 0 Å². The molecule has 68 heavy (non-hydrogen) atoms. The third-order valence-corrected chi connectivity index (χ3v) is 13.7. The van der Waals surface area contributed by atoms with Crippen LogP contribution >= 0.6 is 0 Å². The quantitative estimate of drug-likeness (QED) is 0.167. The Bertz CT molecular complexity index is 4320. The summed E-state index contributed by atoms with van der Waals surface area (Å²) in [5.74, 6) is 1.86. The summed E-state index contributed by atoms with van der Waals surface area (Å²) in [5.41, 5.74) is 11.8. The molecule has 0 aliphatic rings. The minimum absolute atomic E-state index is 0.614. The smallest absolute Gasteiger partial charge is 0.164 e. The van der Waals surface area contributed by atoms with Gasteiger partial charge in [-0.2, -0.15) is 0 Å². The van der Waals surface area contributed by atoms with Gasteiger partial charge in [0, 0.05) is 49.6 Å². The molecule has 0 fully saturated rings. The Morgan fingerprint density at radius 1 is 0.250 bits per heavy atom. The number of benzene rings is 11. The lowest BCUT2D eigenvalue weighted by molar-refractivity contribution is 1.07. The summed E-state index contributed by atoms with van der Waals surface area (Å²) in [7, 11) is 0. The molecule has 0 saturated heterocycles. The largest absolute Gasteiger partial charge is 0.309 e. The summed E-state index contributed by atoms with van der Waals surface area (Å²) in [5, 5.41) is 11.9. The fraction of sp³-hybridized carbons (Fsp3) is 0. The summed E-state index contributed by atoms with van der Waals surface area (Å²) in [6.07, 6.45) is 0. The highest BCUT2D eigenvalue weighted by atomic mass is 15.0. The van der Waals surface area contributed by atoms with Crippen molar-refractivity contribution in [3.8, 4) is 56.7 Å². The zero-order chi connectivity index (χ0) is 44.7. The zero-order valence-corrected chi connectivity index (χ0v) is 36.8. The van der Waals surface area contributed by atoms with Crippen LogP contribution in [0.2, 0.25) is 0 Å². The molecule has 14 aromatic rings. The van der Waals surface area contributed by atoms with E-state index in [1.54, 1.807) is 0 Å². The first-order chi connectivity index (χ1) is 33.7. The Labute approximate surface area is 391 Å². The minimum Gasteiger partial charge on any atom is -0.309 e. The number of hydrogen-bond acceptors (Lipinski definition) is 3. The fourth-order valence-corrected chi connectivity index (χ4v) is 10.5. The van der Waals surface area contributed by atoms with Gasteiger partial charge in [-0.15, -0.1) is 0 Å². The molecule has 3 heterocycles. The van der Waals surface area contributed by atoms with Gasteiger partial charge in [0.1, 0.15) is 0 Å². The Hall–Kier alpha value is -9.19. The second-order valence-corrected chi connectivity index (χ2v) is 17.6. The summed E-state index contributed by atoms with van der Waals surface area (Å²) in [6, 6.07) is 84.8. The predicted molar refractivity (Wildman–Crippen MR) is 283 cm³/mol. The zero-order valence-electron chi connectivity index (χ0n) is 36.8. The lowest BCUT2D eigenvalue weighted by atomic mass is 10.0. The molecule has 0 amide bonds. The van der Waals surface area contributed by atoms with E-state index < -0.39 is 0 Å². The maximum atomic E-state index is 5.35. The van der Waals surface area contributed by atoms with Crippen molar-refractivity contribution in [1.29, 1.82) is 0 Å². The molecule has 3 aromatic heterocycles. The van der Waals surface area contributed by atoms with E-state index in [4.69, 9.17) is 15.0 Å². The number of hydrogen-bond donors (Lipinski definition) is 0. The molecule has 0 radical (unpaired) electrons. The monoisotopic (exact) mass is 865 g/mol. The maximum absolute atomic E-state index is 5.35. The number of rotatable bonds is 6. The van der Waals surface area contributed by atoms with Crippen LogP contribution < -0.4 is 0 Å². The number of nitrogens with zero attached hydrogens (tertiary/aromatic N) is 5. The van der Waals surface area contributed by atoms with Gasteiger partial charge in [-0.3, -0.25) is 0 Å². The van der Waals surface area contributed by atoms with Crippen LogP contribution in [0.4, 0.5) is 0 Å². The average Bonchev–Trinajstić information content (AvgIpc) is 3.92. The SMILES string of the molecule is c1ccc(-c2cccc(-c3nc(-c4ccccc4)nc(-c4cc(-n5c6ccccc6c6cc7c8c9ccccc9ccc8n(-c8ccc9ccccc9c8)c7cc65)cc5ccccc45)n3)c2)cc1. The van der Waals surface area contributed by atoms with E-state index in [0.717, 1.165) is 66.5 Å². The summed E-state index contributed by atoms with van der Waals surface area (Å²) >= 11 is 0. The van der Waals surface area contributed by atoms with Crippen molar-refractivity contribution in [2.45, 2.75) is 0 Å². The van der Waals surface area contributed by atoms with Crippen LogP contribution in [-0.2, 0) is 0 Å². The first kappa shape index (κ1) is 38.1. The maximum Gasteiger partial charge on any atom is 0.164 e. The summed E-state index contributed by atoms with van der Waals surface area (Å²) in [6.45, 7) is 0.